The number of hydrogen-bond acceptors (Lipinski definition) is 3. The van der Waals surface area contributed by atoms with Crippen LogP contribution in [0.1, 0.15) is 34.2 Å². The van der Waals surface area contributed by atoms with Gasteiger partial charge in [-0.3, -0.25) is 14.4 Å². The minimum atomic E-state index is -0.938. The highest BCUT2D eigenvalue weighted by Crippen LogP contribution is 2.28. The number of nitrogens with zero attached hydrogens (tertiary/aromatic N) is 1. The van der Waals surface area contributed by atoms with Crippen molar-refractivity contribution in [2.75, 3.05) is 5.32 Å². The molecule has 1 aliphatic rings. The van der Waals surface area contributed by atoms with Crippen LogP contribution in [0.3, 0.4) is 0 Å². The summed E-state index contributed by atoms with van der Waals surface area (Å²) in [6.07, 6.45) is 1.36. The zero-order chi connectivity index (χ0) is 33.5. The summed E-state index contributed by atoms with van der Waals surface area (Å²) in [6, 6.07) is 41.3. The van der Waals surface area contributed by atoms with Crippen molar-refractivity contribution in [2.45, 2.75) is 57.7 Å². The van der Waals surface area contributed by atoms with E-state index in [9.17, 15) is 14.4 Å². The fraction of sp³-hybridized carbons (Fsp3) is 0.214. The summed E-state index contributed by atoms with van der Waals surface area (Å²) in [5, 5.41) is 6.36. The maximum Gasteiger partial charge on any atom is 0.249 e. The Balaban J connectivity index is 1.37. The number of para-hydroxylation sites is 1. The summed E-state index contributed by atoms with van der Waals surface area (Å²) < 4.78 is 0. The highest BCUT2D eigenvalue weighted by molar-refractivity contribution is 6.02. The van der Waals surface area contributed by atoms with E-state index in [-0.39, 0.29) is 24.1 Å². The van der Waals surface area contributed by atoms with Gasteiger partial charge in [-0.05, 0) is 65.6 Å². The number of carbonyl (C=O) groups excluding carboxylic acids is 3. The predicted molar refractivity (Wildman–Crippen MR) is 191 cm³/mol. The zero-order valence-electron chi connectivity index (χ0n) is 27.4. The molecule has 3 amide bonds. The van der Waals surface area contributed by atoms with Crippen LogP contribution in [-0.4, -0.2) is 40.7 Å². The molecule has 3 unspecified atom stereocenters. The van der Waals surface area contributed by atoms with Gasteiger partial charge in [0.1, 0.15) is 12.1 Å². The highest BCUT2D eigenvalue weighted by Gasteiger charge is 2.47. The summed E-state index contributed by atoms with van der Waals surface area (Å²) >= 11 is 0. The fourth-order valence-corrected chi connectivity index (χ4v) is 6.65. The number of piperazine rings is 1. The third kappa shape index (κ3) is 7.55. The zero-order valence-corrected chi connectivity index (χ0v) is 27.4. The number of hydrogen-bond donors (Lipinski definition) is 2. The average Bonchev–Trinajstić information content (AvgIpc) is 3.11. The molecule has 2 N–H and O–H groups in total. The largest absolute Gasteiger partial charge is 0.349 e. The van der Waals surface area contributed by atoms with Gasteiger partial charge in [0.15, 0.2) is 0 Å². The summed E-state index contributed by atoms with van der Waals surface area (Å²) in [6.45, 7) is 3.91. The SMILES string of the molecule is Cc1cccc(C)c1NC(=O)C1C(Cc2ccc(-c3ccccc3)cc2)NC(=O)C(Cc2ccccc2)N1C(=O)CCc1ccccc1. The van der Waals surface area contributed by atoms with Crippen LogP contribution in [-0.2, 0) is 33.6 Å². The Bertz CT molecular complexity index is 1840. The van der Waals surface area contributed by atoms with Gasteiger partial charge >= 0.3 is 0 Å². The third-order valence-electron chi connectivity index (χ3n) is 9.19. The topological polar surface area (TPSA) is 78.5 Å². The van der Waals surface area contributed by atoms with Crippen molar-refractivity contribution >= 4 is 23.4 Å². The van der Waals surface area contributed by atoms with Crippen LogP contribution in [0.15, 0.2) is 133 Å². The Labute approximate surface area is 282 Å². The fourth-order valence-electron chi connectivity index (χ4n) is 6.65. The van der Waals surface area contributed by atoms with E-state index in [0.29, 0.717) is 19.3 Å². The van der Waals surface area contributed by atoms with Gasteiger partial charge in [0.2, 0.25) is 17.7 Å². The second kappa shape index (κ2) is 14.9. The summed E-state index contributed by atoms with van der Waals surface area (Å²) in [4.78, 5) is 44.5. The number of benzene rings is 5. The van der Waals surface area contributed by atoms with Crippen molar-refractivity contribution in [3.05, 3.63) is 161 Å². The number of aryl methyl sites for hydroxylation is 3. The molecule has 6 heteroatoms. The first-order chi connectivity index (χ1) is 23.4. The van der Waals surface area contributed by atoms with Gasteiger partial charge in [0.25, 0.3) is 0 Å². The predicted octanol–water partition coefficient (Wildman–Crippen LogP) is 7.09. The van der Waals surface area contributed by atoms with Gasteiger partial charge in [-0.2, -0.15) is 0 Å². The molecule has 0 bridgehead atoms. The molecule has 242 valence electrons. The molecule has 3 atom stereocenters. The third-order valence-corrected chi connectivity index (χ3v) is 9.19. The molecule has 0 saturated carbocycles. The van der Waals surface area contributed by atoms with Gasteiger partial charge in [0.05, 0.1) is 6.04 Å². The van der Waals surface area contributed by atoms with Gasteiger partial charge in [0, 0.05) is 18.5 Å². The smallest absolute Gasteiger partial charge is 0.249 e. The molecule has 1 aliphatic heterocycles. The van der Waals surface area contributed by atoms with Gasteiger partial charge < -0.3 is 15.5 Å². The Kier molecular flexibility index (Phi) is 10.1. The number of nitrogens with one attached hydrogen (secondary N) is 2. The first kappa shape index (κ1) is 32.5. The van der Waals surface area contributed by atoms with Crippen LogP contribution in [0, 0.1) is 13.8 Å². The molecule has 6 nitrogen and oxygen atoms in total. The van der Waals surface area contributed by atoms with Crippen molar-refractivity contribution in [1.29, 1.82) is 0 Å². The number of rotatable bonds is 10. The lowest BCUT2D eigenvalue weighted by Gasteiger charge is -2.45. The molecule has 0 aromatic heterocycles. The lowest BCUT2D eigenvalue weighted by molar-refractivity contribution is -0.152. The van der Waals surface area contributed by atoms with E-state index in [4.69, 9.17) is 0 Å². The molecule has 5 aromatic carbocycles. The normalized spacial score (nSPS) is 17.4. The monoisotopic (exact) mass is 635 g/mol. The Hall–Kier alpha value is -5.49. The minimum Gasteiger partial charge on any atom is -0.349 e. The van der Waals surface area contributed by atoms with Crippen LogP contribution in [0.2, 0.25) is 0 Å². The van der Waals surface area contributed by atoms with E-state index in [2.05, 4.69) is 34.9 Å². The molecular weight excluding hydrogens is 594 g/mol. The van der Waals surface area contributed by atoms with Crippen LogP contribution in [0.25, 0.3) is 11.1 Å². The van der Waals surface area contributed by atoms with E-state index in [1.54, 1.807) is 4.90 Å². The standard InChI is InChI=1S/C42H41N3O3/c1-29-13-12-14-30(2)39(29)44-42(48)40-36(27-33-21-24-35(25-22-33)34-19-10-5-11-20-34)43-41(47)37(28-32-17-8-4-9-18-32)45(40)38(46)26-23-31-15-6-3-7-16-31/h3-22,24-25,36-37,40H,23,26-28H2,1-2H3,(H,43,47)(H,44,48). The molecule has 0 spiro atoms. The van der Waals surface area contributed by atoms with E-state index in [1.807, 2.05) is 123 Å². The minimum absolute atomic E-state index is 0.175. The number of anilines is 1. The molecule has 6 rings (SSSR count). The maximum atomic E-state index is 14.5. The van der Waals surface area contributed by atoms with Crippen molar-refractivity contribution in [2.24, 2.45) is 0 Å². The van der Waals surface area contributed by atoms with Gasteiger partial charge in [-0.15, -0.1) is 0 Å². The molecule has 1 heterocycles. The quantitative estimate of drug-likeness (QED) is 0.172. The highest BCUT2D eigenvalue weighted by atomic mass is 16.2. The maximum absolute atomic E-state index is 14.5. The Morgan fingerprint density at radius 3 is 1.81 bits per heavy atom. The number of carbonyl (C=O) groups is 3. The van der Waals surface area contributed by atoms with Crippen LogP contribution < -0.4 is 10.6 Å². The van der Waals surface area contributed by atoms with E-state index < -0.39 is 18.1 Å². The molecular formula is C42H41N3O3. The van der Waals surface area contributed by atoms with Gasteiger partial charge in [-0.1, -0.05) is 133 Å². The van der Waals surface area contributed by atoms with Crippen LogP contribution in [0.5, 0.6) is 0 Å². The lowest BCUT2D eigenvalue weighted by Crippen LogP contribution is -2.70. The van der Waals surface area contributed by atoms with Crippen molar-refractivity contribution in [1.82, 2.24) is 10.2 Å². The Morgan fingerprint density at radius 1 is 0.646 bits per heavy atom. The van der Waals surface area contributed by atoms with E-state index in [0.717, 1.165) is 44.6 Å². The van der Waals surface area contributed by atoms with Crippen molar-refractivity contribution in [3.63, 3.8) is 0 Å². The molecule has 0 aliphatic carbocycles. The summed E-state index contributed by atoms with van der Waals surface area (Å²) in [7, 11) is 0. The molecule has 1 fully saturated rings. The van der Waals surface area contributed by atoms with Gasteiger partial charge in [-0.25, -0.2) is 0 Å². The van der Waals surface area contributed by atoms with Crippen LogP contribution in [0.4, 0.5) is 5.69 Å². The first-order valence-corrected chi connectivity index (χ1v) is 16.6. The number of amides is 3. The second-order valence-electron chi connectivity index (χ2n) is 12.6. The molecule has 0 radical (unpaired) electrons. The Morgan fingerprint density at radius 2 is 1.19 bits per heavy atom. The first-order valence-electron chi connectivity index (χ1n) is 16.6. The second-order valence-corrected chi connectivity index (χ2v) is 12.6. The average molecular weight is 636 g/mol. The molecule has 1 saturated heterocycles. The summed E-state index contributed by atoms with van der Waals surface area (Å²) in [5.41, 5.74) is 7.68. The summed E-state index contributed by atoms with van der Waals surface area (Å²) in [5.74, 6) is -0.793. The van der Waals surface area contributed by atoms with E-state index >= 15 is 0 Å². The van der Waals surface area contributed by atoms with Crippen molar-refractivity contribution in [3.8, 4) is 11.1 Å². The lowest BCUT2D eigenvalue weighted by atomic mass is 9.89. The van der Waals surface area contributed by atoms with Crippen LogP contribution >= 0.6 is 0 Å². The van der Waals surface area contributed by atoms with E-state index in [1.165, 1.54) is 0 Å². The van der Waals surface area contributed by atoms with Crippen molar-refractivity contribution < 1.29 is 14.4 Å². The molecule has 5 aromatic rings. The molecule has 48 heavy (non-hydrogen) atoms.